The molecule has 0 radical (unpaired) electrons. The molecule has 60 valence electrons. The van der Waals surface area contributed by atoms with Crippen molar-refractivity contribution < 1.29 is 4.79 Å². The SMILES string of the molecule is C=Cc1ccc(CN=C=O)cc1. The zero-order valence-corrected chi connectivity index (χ0v) is 6.66. The molecule has 0 N–H and O–H groups in total. The summed E-state index contributed by atoms with van der Waals surface area (Å²) >= 11 is 0. The molecule has 0 spiro atoms. The second kappa shape index (κ2) is 4.27. The number of nitrogens with zero attached hydrogens (tertiary/aromatic N) is 1. The van der Waals surface area contributed by atoms with E-state index in [1.165, 1.54) is 6.08 Å². The van der Waals surface area contributed by atoms with Crippen LogP contribution in [0, 0.1) is 0 Å². The molecule has 0 atom stereocenters. The van der Waals surface area contributed by atoms with Crippen molar-refractivity contribution in [2.75, 3.05) is 0 Å². The van der Waals surface area contributed by atoms with Crippen LogP contribution in [0.25, 0.3) is 6.08 Å². The molecule has 0 amide bonds. The predicted molar refractivity (Wildman–Crippen MR) is 48.4 cm³/mol. The maximum Gasteiger partial charge on any atom is 0.235 e. The Balaban J connectivity index is 2.77. The zero-order chi connectivity index (χ0) is 8.81. The predicted octanol–water partition coefficient (Wildman–Crippen LogP) is 2.17. The summed E-state index contributed by atoms with van der Waals surface area (Å²) < 4.78 is 0. The molecule has 0 saturated carbocycles. The van der Waals surface area contributed by atoms with Crippen molar-refractivity contribution in [1.82, 2.24) is 0 Å². The van der Waals surface area contributed by atoms with Crippen molar-refractivity contribution in [3.63, 3.8) is 0 Å². The molecule has 2 heteroatoms. The van der Waals surface area contributed by atoms with Crippen LogP contribution in [-0.2, 0) is 11.3 Å². The summed E-state index contributed by atoms with van der Waals surface area (Å²) in [5, 5.41) is 0. The molecule has 0 aliphatic heterocycles. The minimum Gasteiger partial charge on any atom is -0.211 e. The van der Waals surface area contributed by atoms with Gasteiger partial charge in [0.05, 0.1) is 6.54 Å². The topological polar surface area (TPSA) is 29.4 Å². The Labute approximate surface area is 71.3 Å². The van der Waals surface area contributed by atoms with Gasteiger partial charge in [0, 0.05) is 0 Å². The average Bonchev–Trinajstić information content (AvgIpc) is 2.15. The molecule has 1 aromatic carbocycles. The fraction of sp³-hybridized carbons (Fsp3) is 0.100. The summed E-state index contributed by atoms with van der Waals surface area (Å²) in [4.78, 5) is 13.3. The van der Waals surface area contributed by atoms with Crippen LogP contribution in [0.5, 0.6) is 0 Å². The second-order valence-corrected chi connectivity index (χ2v) is 2.35. The van der Waals surface area contributed by atoms with Crippen LogP contribution >= 0.6 is 0 Å². The van der Waals surface area contributed by atoms with E-state index in [0.29, 0.717) is 6.54 Å². The molecular weight excluding hydrogens is 150 g/mol. The lowest BCUT2D eigenvalue weighted by atomic mass is 10.1. The first-order valence-electron chi connectivity index (χ1n) is 3.62. The molecule has 12 heavy (non-hydrogen) atoms. The van der Waals surface area contributed by atoms with E-state index < -0.39 is 0 Å². The molecule has 0 saturated heterocycles. The van der Waals surface area contributed by atoms with Crippen LogP contribution in [0.3, 0.4) is 0 Å². The highest BCUT2D eigenvalue weighted by molar-refractivity contribution is 5.47. The van der Waals surface area contributed by atoms with Crippen molar-refractivity contribution >= 4 is 12.2 Å². The summed E-state index contributed by atoms with van der Waals surface area (Å²) in [5.41, 5.74) is 2.07. The van der Waals surface area contributed by atoms with Crippen LogP contribution in [0.1, 0.15) is 11.1 Å². The summed E-state index contributed by atoms with van der Waals surface area (Å²) in [6.45, 7) is 4.04. The average molecular weight is 159 g/mol. The van der Waals surface area contributed by atoms with Crippen molar-refractivity contribution in [2.24, 2.45) is 4.99 Å². The van der Waals surface area contributed by atoms with Gasteiger partial charge in [0.15, 0.2) is 0 Å². The van der Waals surface area contributed by atoms with Crippen molar-refractivity contribution in [3.8, 4) is 0 Å². The van der Waals surface area contributed by atoms with E-state index in [4.69, 9.17) is 0 Å². The van der Waals surface area contributed by atoms with Crippen LogP contribution in [0.2, 0.25) is 0 Å². The van der Waals surface area contributed by atoms with Gasteiger partial charge >= 0.3 is 0 Å². The Hall–Kier alpha value is -1.66. The first-order valence-corrected chi connectivity index (χ1v) is 3.62. The lowest BCUT2D eigenvalue weighted by Crippen LogP contribution is -1.80. The number of hydrogen-bond acceptors (Lipinski definition) is 2. The number of rotatable bonds is 3. The minimum atomic E-state index is 0.404. The first-order chi connectivity index (χ1) is 5.86. The van der Waals surface area contributed by atoms with E-state index in [2.05, 4.69) is 11.6 Å². The minimum absolute atomic E-state index is 0.404. The molecule has 2 nitrogen and oxygen atoms in total. The lowest BCUT2D eigenvalue weighted by Gasteiger charge is -1.95. The highest BCUT2D eigenvalue weighted by Crippen LogP contribution is 2.05. The maximum atomic E-state index is 9.79. The van der Waals surface area contributed by atoms with Gasteiger partial charge in [0.25, 0.3) is 0 Å². The summed E-state index contributed by atoms with van der Waals surface area (Å²) in [6, 6.07) is 7.70. The molecule has 0 heterocycles. The van der Waals surface area contributed by atoms with E-state index in [9.17, 15) is 4.79 Å². The van der Waals surface area contributed by atoms with Crippen molar-refractivity contribution in [3.05, 3.63) is 42.0 Å². The Morgan fingerprint density at radius 3 is 2.58 bits per heavy atom. The largest absolute Gasteiger partial charge is 0.235 e. The Morgan fingerprint density at radius 2 is 2.08 bits per heavy atom. The van der Waals surface area contributed by atoms with E-state index in [1.54, 1.807) is 6.08 Å². The smallest absolute Gasteiger partial charge is 0.211 e. The molecule has 0 aliphatic carbocycles. The zero-order valence-electron chi connectivity index (χ0n) is 6.66. The van der Waals surface area contributed by atoms with Crippen molar-refractivity contribution in [2.45, 2.75) is 6.54 Å². The third-order valence-electron chi connectivity index (χ3n) is 1.54. The molecule has 1 rings (SSSR count). The van der Waals surface area contributed by atoms with E-state index >= 15 is 0 Å². The van der Waals surface area contributed by atoms with Gasteiger partial charge in [-0.1, -0.05) is 36.9 Å². The summed E-state index contributed by atoms with van der Waals surface area (Å²) in [5.74, 6) is 0. The monoisotopic (exact) mass is 159 g/mol. The van der Waals surface area contributed by atoms with Gasteiger partial charge in [0.1, 0.15) is 0 Å². The lowest BCUT2D eigenvalue weighted by molar-refractivity contribution is 0.563. The fourth-order valence-corrected chi connectivity index (χ4v) is 0.883. The number of hydrogen-bond donors (Lipinski definition) is 0. The number of benzene rings is 1. The van der Waals surface area contributed by atoms with Crippen LogP contribution < -0.4 is 0 Å². The number of isocyanates is 1. The van der Waals surface area contributed by atoms with Gasteiger partial charge in [-0.05, 0) is 11.1 Å². The third kappa shape index (κ3) is 2.19. The van der Waals surface area contributed by atoms with Gasteiger partial charge in [-0.25, -0.2) is 9.79 Å². The highest BCUT2D eigenvalue weighted by Gasteiger charge is 1.89. The van der Waals surface area contributed by atoms with Gasteiger partial charge in [-0.3, -0.25) is 0 Å². The second-order valence-electron chi connectivity index (χ2n) is 2.35. The standard InChI is InChI=1S/C10H9NO/c1-2-9-3-5-10(6-4-9)7-11-8-12/h2-6H,1,7H2. The Morgan fingerprint density at radius 1 is 1.42 bits per heavy atom. The van der Waals surface area contributed by atoms with Crippen LogP contribution in [0.4, 0.5) is 0 Å². The Bertz CT molecular complexity index is 307. The van der Waals surface area contributed by atoms with E-state index in [0.717, 1.165) is 11.1 Å². The molecule has 0 aliphatic rings. The first kappa shape index (κ1) is 8.44. The van der Waals surface area contributed by atoms with Crippen LogP contribution in [-0.4, -0.2) is 6.08 Å². The molecular formula is C10H9NO. The van der Waals surface area contributed by atoms with E-state index in [1.807, 2.05) is 24.3 Å². The fourth-order valence-electron chi connectivity index (χ4n) is 0.883. The Kier molecular flexibility index (Phi) is 3.00. The highest BCUT2D eigenvalue weighted by atomic mass is 16.1. The molecule has 0 bridgehead atoms. The molecule has 0 unspecified atom stereocenters. The summed E-state index contributed by atoms with van der Waals surface area (Å²) in [7, 11) is 0. The van der Waals surface area contributed by atoms with Gasteiger partial charge in [0.2, 0.25) is 6.08 Å². The quantitative estimate of drug-likeness (QED) is 0.491. The number of aliphatic imine (C=N–C) groups is 1. The third-order valence-corrected chi connectivity index (χ3v) is 1.54. The molecule has 0 aromatic heterocycles. The van der Waals surface area contributed by atoms with Gasteiger partial charge in [-0.2, -0.15) is 0 Å². The van der Waals surface area contributed by atoms with Gasteiger partial charge < -0.3 is 0 Å². The maximum absolute atomic E-state index is 9.79. The summed E-state index contributed by atoms with van der Waals surface area (Å²) in [6.07, 6.45) is 3.27. The molecule has 1 aromatic rings. The van der Waals surface area contributed by atoms with Crippen molar-refractivity contribution in [1.29, 1.82) is 0 Å². The normalized spacial score (nSPS) is 8.67. The van der Waals surface area contributed by atoms with Gasteiger partial charge in [-0.15, -0.1) is 0 Å². The molecule has 0 fully saturated rings. The number of carbonyl (C=O) groups excluding carboxylic acids is 1. The van der Waals surface area contributed by atoms with E-state index in [-0.39, 0.29) is 0 Å². The van der Waals surface area contributed by atoms with Crippen LogP contribution in [0.15, 0.2) is 35.8 Å².